The number of hydrogen-bond acceptors (Lipinski definition) is 4. The first-order valence-electron chi connectivity index (χ1n) is 7.96. The van der Waals surface area contributed by atoms with Crippen LogP contribution in [0.4, 0.5) is 5.95 Å². The first-order valence-corrected chi connectivity index (χ1v) is 7.96. The Morgan fingerprint density at radius 3 is 2.52 bits per heavy atom. The first kappa shape index (κ1) is 15.4. The molecule has 0 bridgehead atoms. The van der Waals surface area contributed by atoms with E-state index in [4.69, 9.17) is 10.5 Å². The number of benzene rings is 2. The van der Waals surface area contributed by atoms with Gasteiger partial charge in [-0.25, -0.2) is 9.97 Å². The van der Waals surface area contributed by atoms with Crippen LogP contribution in [0.5, 0.6) is 0 Å². The van der Waals surface area contributed by atoms with E-state index >= 15 is 0 Å². The quantitative estimate of drug-likeness (QED) is 0.675. The number of anilines is 1. The number of rotatable bonds is 7. The highest BCUT2D eigenvalue weighted by atomic mass is 16.5. The molecule has 1 aromatic heterocycles. The molecule has 3 rings (SSSR count). The lowest BCUT2D eigenvalue weighted by Gasteiger charge is -2.07. The van der Waals surface area contributed by atoms with E-state index < -0.39 is 0 Å². The molecule has 0 atom stereocenters. The van der Waals surface area contributed by atoms with Crippen LogP contribution in [-0.2, 0) is 17.8 Å². The molecule has 0 amide bonds. The van der Waals surface area contributed by atoms with Crippen LogP contribution in [0.2, 0.25) is 0 Å². The lowest BCUT2D eigenvalue weighted by molar-refractivity contribution is 0.117. The minimum Gasteiger partial charge on any atom is -0.377 e. The number of ether oxygens (including phenoxy) is 1. The summed E-state index contributed by atoms with van der Waals surface area (Å²) in [5, 5.41) is 1.09. The fourth-order valence-electron chi connectivity index (χ4n) is 2.61. The van der Waals surface area contributed by atoms with Gasteiger partial charge in [0, 0.05) is 12.0 Å². The summed E-state index contributed by atoms with van der Waals surface area (Å²) in [5.74, 6) is 0.346. The minimum atomic E-state index is 0.346. The van der Waals surface area contributed by atoms with Crippen LogP contribution < -0.4 is 5.73 Å². The predicted molar refractivity (Wildman–Crippen MR) is 93.0 cm³/mol. The van der Waals surface area contributed by atoms with Gasteiger partial charge in [-0.15, -0.1) is 0 Å². The monoisotopic (exact) mass is 307 g/mol. The van der Waals surface area contributed by atoms with Gasteiger partial charge in [0.15, 0.2) is 0 Å². The zero-order valence-corrected chi connectivity index (χ0v) is 13.1. The van der Waals surface area contributed by atoms with Crippen molar-refractivity contribution in [3.05, 3.63) is 65.9 Å². The van der Waals surface area contributed by atoms with E-state index in [9.17, 15) is 0 Å². The summed E-state index contributed by atoms with van der Waals surface area (Å²) >= 11 is 0. The molecule has 3 aromatic rings. The lowest BCUT2D eigenvalue weighted by Crippen LogP contribution is -2.02. The van der Waals surface area contributed by atoms with Crippen molar-refractivity contribution in [2.24, 2.45) is 0 Å². The highest BCUT2D eigenvalue weighted by Gasteiger charge is 2.05. The molecule has 2 aromatic carbocycles. The summed E-state index contributed by atoms with van der Waals surface area (Å²) in [6.45, 7) is 1.43. The molecule has 0 unspecified atom stereocenters. The highest BCUT2D eigenvalue weighted by Crippen LogP contribution is 2.18. The number of aromatic nitrogens is 2. The Morgan fingerprint density at radius 2 is 1.65 bits per heavy atom. The van der Waals surface area contributed by atoms with E-state index in [1.165, 1.54) is 5.56 Å². The maximum absolute atomic E-state index is 5.79. The van der Waals surface area contributed by atoms with Crippen LogP contribution in [0, 0.1) is 0 Å². The lowest BCUT2D eigenvalue weighted by atomic mass is 10.1. The zero-order chi connectivity index (χ0) is 15.9. The average molecular weight is 307 g/mol. The summed E-state index contributed by atoms with van der Waals surface area (Å²) < 4.78 is 5.71. The number of unbranched alkanes of at least 4 members (excludes halogenated alkanes) is 1. The molecule has 0 fully saturated rings. The molecule has 0 aliphatic heterocycles. The number of hydrogen-bond donors (Lipinski definition) is 1. The minimum absolute atomic E-state index is 0.346. The molecule has 23 heavy (non-hydrogen) atoms. The van der Waals surface area contributed by atoms with Gasteiger partial charge in [0.2, 0.25) is 5.95 Å². The van der Waals surface area contributed by atoms with Crippen molar-refractivity contribution < 1.29 is 4.74 Å². The molecular weight excluding hydrogens is 286 g/mol. The normalized spacial score (nSPS) is 11.0. The van der Waals surface area contributed by atoms with Gasteiger partial charge in [0.1, 0.15) is 0 Å². The van der Waals surface area contributed by atoms with E-state index in [1.807, 2.05) is 36.4 Å². The Labute approximate surface area is 136 Å². The molecule has 4 nitrogen and oxygen atoms in total. The smallest absolute Gasteiger partial charge is 0.220 e. The molecule has 0 radical (unpaired) electrons. The van der Waals surface area contributed by atoms with Crippen molar-refractivity contribution in [2.45, 2.75) is 25.9 Å². The molecule has 1 heterocycles. The van der Waals surface area contributed by atoms with E-state index in [0.29, 0.717) is 12.6 Å². The van der Waals surface area contributed by atoms with Crippen LogP contribution in [0.25, 0.3) is 10.9 Å². The summed E-state index contributed by atoms with van der Waals surface area (Å²) in [7, 11) is 0. The molecule has 0 saturated heterocycles. The standard InChI is InChI=1S/C19H21N3O/c20-19-21-17-11-5-4-10-16(17)18(22-19)12-6-7-13-23-14-15-8-2-1-3-9-15/h1-5,8-11H,6-7,12-14H2,(H2,20,21,22). The van der Waals surface area contributed by atoms with Gasteiger partial charge in [0.05, 0.1) is 17.8 Å². The molecule has 2 N–H and O–H groups in total. The van der Waals surface area contributed by atoms with Crippen LogP contribution in [0.1, 0.15) is 24.1 Å². The van der Waals surface area contributed by atoms with Crippen LogP contribution in [-0.4, -0.2) is 16.6 Å². The fraction of sp³-hybridized carbons (Fsp3) is 0.263. The number of nitrogens with two attached hydrogens (primary N) is 1. The van der Waals surface area contributed by atoms with Crippen LogP contribution in [0.3, 0.4) is 0 Å². The van der Waals surface area contributed by atoms with Crippen molar-refractivity contribution in [1.82, 2.24) is 9.97 Å². The van der Waals surface area contributed by atoms with E-state index in [1.54, 1.807) is 0 Å². The van der Waals surface area contributed by atoms with Gasteiger partial charge < -0.3 is 10.5 Å². The van der Waals surface area contributed by atoms with E-state index in [2.05, 4.69) is 28.2 Å². The zero-order valence-electron chi connectivity index (χ0n) is 13.1. The molecule has 4 heteroatoms. The molecular formula is C19H21N3O. The van der Waals surface area contributed by atoms with Gasteiger partial charge in [-0.2, -0.15) is 0 Å². The SMILES string of the molecule is Nc1nc(CCCCOCc2ccccc2)c2ccccc2n1. The van der Waals surface area contributed by atoms with Gasteiger partial charge in [-0.1, -0.05) is 48.5 Å². The maximum Gasteiger partial charge on any atom is 0.220 e. The van der Waals surface area contributed by atoms with Crippen molar-refractivity contribution >= 4 is 16.9 Å². The third-order valence-electron chi connectivity index (χ3n) is 3.76. The number of nitrogens with zero attached hydrogens (tertiary/aromatic N) is 2. The van der Waals surface area contributed by atoms with Crippen molar-refractivity contribution in [2.75, 3.05) is 12.3 Å². The number of aryl methyl sites for hydroxylation is 1. The van der Waals surface area contributed by atoms with Gasteiger partial charge >= 0.3 is 0 Å². The summed E-state index contributed by atoms with van der Waals surface area (Å²) in [6, 6.07) is 18.2. The Kier molecular flexibility index (Phi) is 5.17. The first-order chi connectivity index (χ1) is 11.3. The largest absolute Gasteiger partial charge is 0.377 e. The molecule has 0 saturated carbocycles. The maximum atomic E-state index is 5.79. The second-order valence-electron chi connectivity index (χ2n) is 5.54. The summed E-state index contributed by atoms with van der Waals surface area (Å²) in [5.41, 5.74) is 8.94. The van der Waals surface area contributed by atoms with Gasteiger partial charge in [0.25, 0.3) is 0 Å². The highest BCUT2D eigenvalue weighted by molar-refractivity contribution is 5.81. The summed E-state index contributed by atoms with van der Waals surface area (Å²) in [6.07, 6.45) is 2.92. The number of para-hydroxylation sites is 1. The third-order valence-corrected chi connectivity index (χ3v) is 3.76. The Hall–Kier alpha value is -2.46. The second-order valence-corrected chi connectivity index (χ2v) is 5.54. The molecule has 0 aliphatic carbocycles. The van der Waals surface area contributed by atoms with Gasteiger partial charge in [-0.3, -0.25) is 0 Å². The van der Waals surface area contributed by atoms with E-state index in [0.717, 1.165) is 42.5 Å². The topological polar surface area (TPSA) is 61.0 Å². The molecule has 0 spiro atoms. The summed E-state index contributed by atoms with van der Waals surface area (Å²) in [4.78, 5) is 8.66. The predicted octanol–water partition coefficient (Wildman–Crippen LogP) is 3.75. The average Bonchev–Trinajstić information content (AvgIpc) is 2.58. The second kappa shape index (κ2) is 7.70. The van der Waals surface area contributed by atoms with Gasteiger partial charge in [-0.05, 0) is 30.9 Å². The van der Waals surface area contributed by atoms with Crippen molar-refractivity contribution in [1.29, 1.82) is 0 Å². The fourth-order valence-corrected chi connectivity index (χ4v) is 2.61. The molecule has 0 aliphatic rings. The van der Waals surface area contributed by atoms with Crippen molar-refractivity contribution in [3.8, 4) is 0 Å². The Bertz CT molecular complexity index is 759. The Balaban J connectivity index is 1.48. The third kappa shape index (κ3) is 4.27. The number of nitrogen functional groups attached to an aromatic ring is 1. The molecule has 118 valence electrons. The Morgan fingerprint density at radius 1 is 0.870 bits per heavy atom. The van der Waals surface area contributed by atoms with Crippen LogP contribution >= 0.6 is 0 Å². The number of fused-ring (bicyclic) bond motifs is 1. The van der Waals surface area contributed by atoms with Crippen molar-refractivity contribution in [3.63, 3.8) is 0 Å². The van der Waals surface area contributed by atoms with Crippen LogP contribution in [0.15, 0.2) is 54.6 Å². The van der Waals surface area contributed by atoms with E-state index in [-0.39, 0.29) is 0 Å².